The first-order valence-corrected chi connectivity index (χ1v) is 5.35. The van der Waals surface area contributed by atoms with Crippen LogP contribution in [-0.4, -0.2) is 25.1 Å². The summed E-state index contributed by atoms with van der Waals surface area (Å²) in [6.45, 7) is -0.0419. The molecule has 0 unspecified atom stereocenters. The van der Waals surface area contributed by atoms with Crippen LogP contribution in [0.1, 0.15) is 5.56 Å². The molecule has 0 spiro atoms. The van der Waals surface area contributed by atoms with Crippen LogP contribution in [0.4, 0.5) is 0 Å². The molecule has 1 rings (SSSR count). The maximum Gasteiger partial charge on any atom is 0.176 e. The highest BCUT2D eigenvalue weighted by molar-refractivity contribution is 14.1. The van der Waals surface area contributed by atoms with Crippen molar-refractivity contribution in [2.75, 3.05) is 13.7 Å². The summed E-state index contributed by atoms with van der Waals surface area (Å²) < 4.78 is 11.1. The number of nitriles is 1. The molecule has 0 aromatic heterocycles. The molecule has 1 aromatic rings. The van der Waals surface area contributed by atoms with Crippen LogP contribution >= 0.6 is 22.6 Å². The van der Waals surface area contributed by atoms with Crippen molar-refractivity contribution in [1.82, 2.24) is 0 Å². The second-order valence-corrected chi connectivity index (χ2v) is 3.89. The largest absolute Gasteiger partial charge is 0.493 e. The smallest absolute Gasteiger partial charge is 0.176 e. The molecule has 0 aliphatic carbocycles. The van der Waals surface area contributed by atoms with Gasteiger partial charge in [0.25, 0.3) is 0 Å². The van der Waals surface area contributed by atoms with Crippen LogP contribution < -0.4 is 9.47 Å². The molecular formula is C10H9IN2O3. The Bertz CT molecular complexity index is 440. The first kappa shape index (κ1) is 12.6. The van der Waals surface area contributed by atoms with Gasteiger partial charge in [0.15, 0.2) is 18.1 Å². The van der Waals surface area contributed by atoms with Crippen LogP contribution in [0.2, 0.25) is 0 Å². The molecule has 0 saturated heterocycles. The number of hydrogen-bond donors (Lipinski definition) is 1. The van der Waals surface area contributed by atoms with Gasteiger partial charge in [-0.2, -0.15) is 5.26 Å². The summed E-state index contributed by atoms with van der Waals surface area (Å²) in [4.78, 5) is 0. The number of benzene rings is 1. The minimum absolute atomic E-state index is 0.0419. The minimum Gasteiger partial charge on any atom is -0.493 e. The summed E-state index contributed by atoms with van der Waals surface area (Å²) in [5.41, 5.74) is 0.688. The van der Waals surface area contributed by atoms with Gasteiger partial charge in [-0.3, -0.25) is 0 Å². The molecule has 0 bridgehead atoms. The summed E-state index contributed by atoms with van der Waals surface area (Å²) >= 11 is 2.06. The summed E-state index contributed by atoms with van der Waals surface area (Å²) in [5, 5.41) is 19.8. The van der Waals surface area contributed by atoms with Gasteiger partial charge >= 0.3 is 0 Å². The lowest BCUT2D eigenvalue weighted by Gasteiger charge is -2.11. The van der Waals surface area contributed by atoms with Gasteiger partial charge in [0.1, 0.15) is 6.07 Å². The number of halogens is 1. The van der Waals surface area contributed by atoms with E-state index in [1.807, 2.05) is 6.07 Å². The molecule has 6 heteroatoms. The topological polar surface area (TPSA) is 74.8 Å². The Balaban J connectivity index is 3.13. The number of ether oxygens (including phenoxy) is 2. The number of nitrogens with zero attached hydrogens (tertiary/aromatic N) is 2. The van der Waals surface area contributed by atoms with E-state index >= 15 is 0 Å². The van der Waals surface area contributed by atoms with Crippen molar-refractivity contribution in [3.05, 3.63) is 21.3 Å². The van der Waals surface area contributed by atoms with E-state index in [0.29, 0.717) is 17.1 Å². The Morgan fingerprint density at radius 1 is 1.62 bits per heavy atom. The standard InChI is InChI=1S/C10H9IN2O3/c1-15-9-5-7(6-13-14)4-8(11)10(9)16-3-2-12/h4-6,14H,3H2,1H3/b13-6+. The van der Waals surface area contributed by atoms with Crippen molar-refractivity contribution in [2.24, 2.45) is 5.16 Å². The average Bonchev–Trinajstić information content (AvgIpc) is 2.27. The molecule has 0 aliphatic heterocycles. The van der Waals surface area contributed by atoms with E-state index in [0.717, 1.165) is 3.57 Å². The van der Waals surface area contributed by atoms with Gasteiger partial charge < -0.3 is 14.7 Å². The Morgan fingerprint density at radius 3 is 2.94 bits per heavy atom. The molecule has 1 aromatic carbocycles. The molecule has 16 heavy (non-hydrogen) atoms. The fourth-order valence-corrected chi connectivity index (χ4v) is 1.91. The SMILES string of the molecule is COc1cc(/C=N/O)cc(I)c1OCC#N. The van der Waals surface area contributed by atoms with Crippen LogP contribution in [0.25, 0.3) is 0 Å². The normalized spacial score (nSPS) is 10.1. The van der Waals surface area contributed by atoms with Crippen molar-refractivity contribution < 1.29 is 14.7 Å². The van der Waals surface area contributed by atoms with E-state index in [4.69, 9.17) is 19.9 Å². The summed E-state index contributed by atoms with van der Waals surface area (Å²) in [6.07, 6.45) is 1.29. The van der Waals surface area contributed by atoms with Crippen LogP contribution in [0.15, 0.2) is 17.3 Å². The van der Waals surface area contributed by atoms with Gasteiger partial charge in [-0.1, -0.05) is 5.16 Å². The predicted molar refractivity (Wildman–Crippen MR) is 66.2 cm³/mol. The number of oxime groups is 1. The van der Waals surface area contributed by atoms with E-state index in [1.165, 1.54) is 13.3 Å². The van der Waals surface area contributed by atoms with Crippen LogP contribution in [-0.2, 0) is 0 Å². The molecule has 5 nitrogen and oxygen atoms in total. The van der Waals surface area contributed by atoms with E-state index in [1.54, 1.807) is 12.1 Å². The van der Waals surface area contributed by atoms with Crippen LogP contribution in [0, 0.1) is 14.9 Å². The first-order chi connectivity index (χ1) is 7.72. The lowest BCUT2D eigenvalue weighted by molar-refractivity contribution is 0.321. The van der Waals surface area contributed by atoms with E-state index in [2.05, 4.69) is 27.7 Å². The molecule has 0 amide bonds. The maximum atomic E-state index is 8.45. The molecule has 0 atom stereocenters. The third kappa shape index (κ3) is 3.00. The molecule has 1 N–H and O–H groups in total. The predicted octanol–water partition coefficient (Wildman–Crippen LogP) is 2.01. The zero-order valence-corrected chi connectivity index (χ0v) is 10.6. The lowest BCUT2D eigenvalue weighted by atomic mass is 10.2. The Hall–Kier alpha value is -1.49. The number of methoxy groups -OCH3 is 1. The Morgan fingerprint density at radius 2 is 2.38 bits per heavy atom. The zero-order valence-electron chi connectivity index (χ0n) is 8.48. The van der Waals surface area contributed by atoms with Crippen molar-refractivity contribution in [1.29, 1.82) is 5.26 Å². The molecule has 0 radical (unpaired) electrons. The first-order valence-electron chi connectivity index (χ1n) is 4.27. The minimum atomic E-state index is -0.0419. The average molecular weight is 332 g/mol. The second kappa shape index (κ2) is 6.17. The molecule has 0 heterocycles. The quantitative estimate of drug-likeness (QED) is 0.396. The Kier molecular flexibility index (Phi) is 4.85. The molecule has 0 saturated carbocycles. The van der Waals surface area contributed by atoms with Crippen molar-refractivity contribution in [2.45, 2.75) is 0 Å². The monoisotopic (exact) mass is 332 g/mol. The van der Waals surface area contributed by atoms with Crippen molar-refractivity contribution >= 4 is 28.8 Å². The fraction of sp³-hybridized carbons (Fsp3) is 0.200. The van der Waals surface area contributed by atoms with E-state index in [9.17, 15) is 0 Å². The fourth-order valence-electron chi connectivity index (χ4n) is 1.13. The molecule has 84 valence electrons. The molecular weight excluding hydrogens is 323 g/mol. The van der Waals surface area contributed by atoms with Gasteiger partial charge in [-0.25, -0.2) is 0 Å². The van der Waals surface area contributed by atoms with Crippen molar-refractivity contribution in [3.63, 3.8) is 0 Å². The van der Waals surface area contributed by atoms with E-state index in [-0.39, 0.29) is 6.61 Å². The van der Waals surface area contributed by atoms with Gasteiger partial charge in [0.2, 0.25) is 0 Å². The van der Waals surface area contributed by atoms with E-state index < -0.39 is 0 Å². The Labute approximate surface area is 106 Å². The number of hydrogen-bond acceptors (Lipinski definition) is 5. The molecule has 0 aliphatic rings. The maximum absolute atomic E-state index is 8.45. The zero-order chi connectivity index (χ0) is 12.0. The third-order valence-corrected chi connectivity index (χ3v) is 2.54. The highest BCUT2D eigenvalue weighted by atomic mass is 127. The summed E-state index contributed by atoms with van der Waals surface area (Å²) in [7, 11) is 1.50. The van der Waals surface area contributed by atoms with Gasteiger partial charge in [0.05, 0.1) is 16.9 Å². The number of rotatable bonds is 4. The molecule has 0 fully saturated rings. The third-order valence-electron chi connectivity index (χ3n) is 1.74. The lowest BCUT2D eigenvalue weighted by Crippen LogP contribution is -2.00. The van der Waals surface area contributed by atoms with Crippen LogP contribution in [0.3, 0.4) is 0 Å². The second-order valence-electron chi connectivity index (χ2n) is 2.73. The van der Waals surface area contributed by atoms with Gasteiger partial charge in [-0.15, -0.1) is 0 Å². The van der Waals surface area contributed by atoms with Crippen LogP contribution in [0.5, 0.6) is 11.5 Å². The summed E-state index contributed by atoms with van der Waals surface area (Å²) in [6, 6.07) is 5.31. The van der Waals surface area contributed by atoms with Gasteiger partial charge in [0, 0.05) is 5.56 Å². The summed E-state index contributed by atoms with van der Waals surface area (Å²) in [5.74, 6) is 1.01. The highest BCUT2D eigenvalue weighted by Gasteiger charge is 2.10. The van der Waals surface area contributed by atoms with Gasteiger partial charge in [-0.05, 0) is 34.7 Å². The highest BCUT2D eigenvalue weighted by Crippen LogP contribution is 2.33. The van der Waals surface area contributed by atoms with Crippen molar-refractivity contribution in [3.8, 4) is 17.6 Å².